The molecule has 0 heterocycles. The molecule has 0 spiro atoms. The number of carboxylic acids is 1. The van der Waals surface area contributed by atoms with Gasteiger partial charge in [0.2, 0.25) is 0 Å². The molecule has 5 nitrogen and oxygen atoms in total. The molecule has 3 N–H and O–H groups in total. The van der Waals surface area contributed by atoms with Crippen molar-refractivity contribution in [2.45, 2.75) is 27.2 Å². The Morgan fingerprint density at radius 2 is 1.86 bits per heavy atom. The van der Waals surface area contributed by atoms with Crippen molar-refractivity contribution in [2.75, 3.05) is 6.16 Å². The van der Waals surface area contributed by atoms with E-state index in [4.69, 9.17) is 14.9 Å². The number of rotatable bonds is 5. The topological polar surface area (TPSA) is 94.8 Å². The van der Waals surface area contributed by atoms with Crippen molar-refractivity contribution in [1.82, 2.24) is 0 Å². The first-order valence-electron chi connectivity index (χ1n) is 4.39. The lowest BCUT2D eigenvalue weighted by molar-refractivity contribution is -0.149. The van der Waals surface area contributed by atoms with Gasteiger partial charge in [-0.3, -0.25) is 9.36 Å². The monoisotopic (exact) mass is 224 g/mol. The van der Waals surface area contributed by atoms with E-state index in [1.165, 1.54) is 13.8 Å². The van der Waals surface area contributed by atoms with Crippen molar-refractivity contribution in [3.8, 4) is 0 Å². The zero-order chi connectivity index (χ0) is 11.6. The van der Waals surface area contributed by atoms with Crippen LogP contribution in [-0.2, 0) is 9.36 Å². The molecule has 84 valence electrons. The quantitative estimate of drug-likeness (QED) is 0.612. The maximum Gasteiger partial charge on any atom is 0.325 e. The van der Waals surface area contributed by atoms with E-state index in [0.29, 0.717) is 6.42 Å². The molecular weight excluding hydrogens is 207 g/mol. The highest BCUT2D eigenvalue weighted by Gasteiger charge is 2.38. The fourth-order valence-electron chi connectivity index (χ4n) is 1.33. The van der Waals surface area contributed by atoms with Gasteiger partial charge in [0, 0.05) is 0 Å². The third-order valence-electron chi connectivity index (χ3n) is 2.52. The van der Waals surface area contributed by atoms with Crippen molar-refractivity contribution >= 4 is 13.6 Å². The highest BCUT2D eigenvalue weighted by Crippen LogP contribution is 2.43. The predicted molar refractivity (Wildman–Crippen MR) is 52.1 cm³/mol. The fraction of sp³-hybridized carbons (Fsp3) is 0.875. The van der Waals surface area contributed by atoms with Gasteiger partial charge in [-0.05, 0) is 19.8 Å². The highest BCUT2D eigenvalue weighted by atomic mass is 31.2. The van der Waals surface area contributed by atoms with Crippen LogP contribution < -0.4 is 0 Å². The van der Waals surface area contributed by atoms with E-state index in [9.17, 15) is 9.36 Å². The lowest BCUT2D eigenvalue weighted by atomic mass is 9.78. The first-order chi connectivity index (χ1) is 6.11. The van der Waals surface area contributed by atoms with Crippen LogP contribution in [0, 0.1) is 11.3 Å². The average Bonchev–Trinajstić information content (AvgIpc) is 1.97. The number of hydrogen-bond donors (Lipinski definition) is 3. The second-order valence-corrected chi connectivity index (χ2v) is 5.67. The lowest BCUT2D eigenvalue weighted by Gasteiger charge is -2.29. The Morgan fingerprint density at radius 3 is 2.07 bits per heavy atom. The molecule has 0 aromatic rings. The van der Waals surface area contributed by atoms with E-state index in [1.54, 1.807) is 6.92 Å². The maximum atomic E-state index is 10.9. The van der Waals surface area contributed by atoms with E-state index in [0.717, 1.165) is 0 Å². The van der Waals surface area contributed by atoms with Crippen molar-refractivity contribution in [3.63, 3.8) is 0 Å². The third kappa shape index (κ3) is 3.78. The van der Waals surface area contributed by atoms with Crippen LogP contribution in [-0.4, -0.2) is 27.0 Å². The first kappa shape index (κ1) is 13.6. The second kappa shape index (κ2) is 4.43. The molecular formula is C8H17O5P. The van der Waals surface area contributed by atoms with Gasteiger partial charge < -0.3 is 14.9 Å². The number of hydrogen-bond acceptors (Lipinski definition) is 2. The summed E-state index contributed by atoms with van der Waals surface area (Å²) in [6.07, 6.45) is 0.0627. The standard InChI is InChI=1S/C8H17O5P/c1-4-6(5-14(11,12)13)8(2,3)7(9)10/h6H,4-5H2,1-3H3,(H,9,10)(H2,11,12,13). The zero-order valence-electron chi connectivity index (χ0n) is 8.60. The van der Waals surface area contributed by atoms with Crippen molar-refractivity contribution in [1.29, 1.82) is 0 Å². The van der Waals surface area contributed by atoms with E-state index in [2.05, 4.69) is 0 Å². The maximum absolute atomic E-state index is 10.9. The number of carboxylic acid groups (broad SMARTS) is 1. The van der Waals surface area contributed by atoms with Gasteiger partial charge in [0.05, 0.1) is 11.6 Å². The van der Waals surface area contributed by atoms with Gasteiger partial charge in [0.25, 0.3) is 0 Å². The average molecular weight is 224 g/mol. The molecule has 0 aliphatic heterocycles. The summed E-state index contributed by atoms with van der Waals surface area (Å²) < 4.78 is 10.8. The summed E-state index contributed by atoms with van der Waals surface area (Å²) in [5.41, 5.74) is -1.10. The summed E-state index contributed by atoms with van der Waals surface area (Å²) in [4.78, 5) is 28.4. The molecule has 0 aromatic carbocycles. The Labute approximate surface area is 83.3 Å². The molecule has 0 aliphatic rings. The highest BCUT2D eigenvalue weighted by molar-refractivity contribution is 7.51. The summed E-state index contributed by atoms with van der Waals surface area (Å²) in [6, 6.07) is 0. The van der Waals surface area contributed by atoms with Crippen LogP contribution >= 0.6 is 7.60 Å². The van der Waals surface area contributed by atoms with Gasteiger partial charge in [-0.25, -0.2) is 0 Å². The second-order valence-electron chi connectivity index (χ2n) is 3.98. The molecule has 1 atom stereocenters. The normalized spacial score (nSPS) is 15.2. The minimum atomic E-state index is -4.14. The molecule has 0 amide bonds. The Kier molecular flexibility index (Phi) is 4.31. The van der Waals surface area contributed by atoms with E-state index in [-0.39, 0.29) is 6.16 Å². The van der Waals surface area contributed by atoms with Crippen LogP contribution in [0.3, 0.4) is 0 Å². The summed E-state index contributed by atoms with van der Waals surface area (Å²) in [6.45, 7) is 4.70. The van der Waals surface area contributed by atoms with E-state index < -0.39 is 24.9 Å². The van der Waals surface area contributed by atoms with Crippen LogP contribution in [0.15, 0.2) is 0 Å². The Bertz CT molecular complexity index is 254. The van der Waals surface area contributed by atoms with Gasteiger partial charge in [-0.1, -0.05) is 13.3 Å². The Balaban J connectivity index is 4.73. The third-order valence-corrected chi connectivity index (χ3v) is 3.44. The minimum absolute atomic E-state index is 0.372. The molecule has 0 saturated carbocycles. The number of carbonyl (C=O) groups is 1. The Hall–Kier alpha value is -0.380. The van der Waals surface area contributed by atoms with Crippen molar-refractivity contribution in [2.24, 2.45) is 11.3 Å². The van der Waals surface area contributed by atoms with E-state index in [1.807, 2.05) is 0 Å². The van der Waals surface area contributed by atoms with Crippen LogP contribution in [0.25, 0.3) is 0 Å². The first-order valence-corrected chi connectivity index (χ1v) is 6.19. The van der Waals surface area contributed by atoms with Gasteiger partial charge >= 0.3 is 13.6 Å². The molecule has 0 fully saturated rings. The molecule has 0 rings (SSSR count). The van der Waals surface area contributed by atoms with Gasteiger partial charge in [-0.2, -0.15) is 0 Å². The summed E-state index contributed by atoms with van der Waals surface area (Å²) in [5, 5.41) is 8.89. The molecule has 14 heavy (non-hydrogen) atoms. The number of aliphatic carboxylic acids is 1. The van der Waals surface area contributed by atoms with Gasteiger partial charge in [0.15, 0.2) is 0 Å². The molecule has 1 unspecified atom stereocenters. The SMILES string of the molecule is CCC(CP(=O)(O)O)C(C)(C)C(=O)O. The lowest BCUT2D eigenvalue weighted by Crippen LogP contribution is -2.34. The minimum Gasteiger partial charge on any atom is -0.481 e. The van der Waals surface area contributed by atoms with Crippen molar-refractivity contribution in [3.05, 3.63) is 0 Å². The Morgan fingerprint density at radius 1 is 1.43 bits per heavy atom. The largest absolute Gasteiger partial charge is 0.481 e. The summed E-state index contributed by atoms with van der Waals surface area (Å²) in [5.74, 6) is -1.54. The van der Waals surface area contributed by atoms with Crippen LogP contribution in [0.2, 0.25) is 0 Å². The molecule has 0 saturated heterocycles. The molecule has 0 bridgehead atoms. The summed E-state index contributed by atoms with van der Waals surface area (Å²) in [7, 11) is -4.14. The molecule has 0 aromatic heterocycles. The molecule has 0 radical (unpaired) electrons. The van der Waals surface area contributed by atoms with E-state index >= 15 is 0 Å². The van der Waals surface area contributed by atoms with Crippen LogP contribution in [0.1, 0.15) is 27.2 Å². The molecule has 0 aliphatic carbocycles. The fourth-order valence-corrected chi connectivity index (χ4v) is 2.62. The summed E-state index contributed by atoms with van der Waals surface area (Å²) >= 11 is 0. The van der Waals surface area contributed by atoms with Crippen molar-refractivity contribution < 1.29 is 24.3 Å². The van der Waals surface area contributed by atoms with Crippen LogP contribution in [0.5, 0.6) is 0 Å². The molecule has 6 heteroatoms. The van der Waals surface area contributed by atoms with Gasteiger partial charge in [0.1, 0.15) is 0 Å². The van der Waals surface area contributed by atoms with Gasteiger partial charge in [-0.15, -0.1) is 0 Å². The smallest absolute Gasteiger partial charge is 0.325 e. The van der Waals surface area contributed by atoms with Crippen LogP contribution in [0.4, 0.5) is 0 Å². The predicted octanol–water partition coefficient (Wildman–Crippen LogP) is 1.30. The zero-order valence-corrected chi connectivity index (χ0v) is 9.49.